The van der Waals surface area contributed by atoms with Gasteiger partial charge in [0.1, 0.15) is 11.6 Å². The quantitative estimate of drug-likeness (QED) is 0.585. The maximum Gasteiger partial charge on any atom is 0.136 e. The number of hydrogen-bond donors (Lipinski definition) is 1. The average molecular weight is 262 g/mol. The summed E-state index contributed by atoms with van der Waals surface area (Å²) in [6.45, 7) is 2.11. The molecule has 0 saturated heterocycles. The SMILES string of the molecule is CCCC(CS)CSc1cc(F)ccc1F. The molecule has 0 heterocycles. The van der Waals surface area contributed by atoms with Crippen molar-refractivity contribution in [1.29, 1.82) is 0 Å². The molecule has 0 saturated carbocycles. The van der Waals surface area contributed by atoms with E-state index in [1.165, 1.54) is 23.9 Å². The van der Waals surface area contributed by atoms with E-state index in [4.69, 9.17) is 0 Å². The van der Waals surface area contributed by atoms with Crippen LogP contribution in [0.2, 0.25) is 0 Å². The van der Waals surface area contributed by atoms with Crippen LogP contribution in [0.4, 0.5) is 8.78 Å². The molecule has 1 atom stereocenters. The first kappa shape index (κ1) is 13.8. The summed E-state index contributed by atoms with van der Waals surface area (Å²) in [7, 11) is 0. The molecular formula is C12H16F2S2. The molecule has 0 fully saturated rings. The summed E-state index contributed by atoms with van der Waals surface area (Å²) in [5.74, 6) is 1.30. The van der Waals surface area contributed by atoms with E-state index in [-0.39, 0.29) is 11.6 Å². The number of hydrogen-bond acceptors (Lipinski definition) is 2. The van der Waals surface area contributed by atoms with Crippen LogP contribution in [0.25, 0.3) is 0 Å². The number of benzene rings is 1. The van der Waals surface area contributed by atoms with Crippen LogP contribution >= 0.6 is 24.4 Å². The standard InChI is InChI=1S/C12H16F2S2/c1-2-3-9(7-15)8-16-12-6-10(13)4-5-11(12)14/h4-6,9,15H,2-3,7-8H2,1H3. The molecule has 0 aliphatic rings. The smallest absolute Gasteiger partial charge is 0.136 e. The van der Waals surface area contributed by atoms with Gasteiger partial charge in [-0.05, 0) is 36.3 Å². The monoisotopic (exact) mass is 262 g/mol. The van der Waals surface area contributed by atoms with Crippen molar-refractivity contribution in [3.05, 3.63) is 29.8 Å². The van der Waals surface area contributed by atoms with Crippen molar-refractivity contribution in [2.75, 3.05) is 11.5 Å². The van der Waals surface area contributed by atoms with Gasteiger partial charge in [0.05, 0.1) is 0 Å². The molecule has 0 N–H and O–H groups in total. The third kappa shape index (κ3) is 4.34. The lowest BCUT2D eigenvalue weighted by Crippen LogP contribution is -2.05. The van der Waals surface area contributed by atoms with E-state index in [9.17, 15) is 8.78 Å². The van der Waals surface area contributed by atoms with Gasteiger partial charge in [-0.1, -0.05) is 13.3 Å². The molecule has 0 aromatic heterocycles. The van der Waals surface area contributed by atoms with E-state index in [0.29, 0.717) is 10.8 Å². The average Bonchev–Trinajstić information content (AvgIpc) is 2.28. The van der Waals surface area contributed by atoms with Gasteiger partial charge in [-0.3, -0.25) is 0 Å². The van der Waals surface area contributed by atoms with Gasteiger partial charge >= 0.3 is 0 Å². The second kappa shape index (κ2) is 7.17. The van der Waals surface area contributed by atoms with Gasteiger partial charge in [-0.25, -0.2) is 8.78 Å². The van der Waals surface area contributed by atoms with Crippen molar-refractivity contribution in [1.82, 2.24) is 0 Å². The molecule has 1 unspecified atom stereocenters. The van der Waals surface area contributed by atoms with E-state index < -0.39 is 0 Å². The zero-order valence-electron chi connectivity index (χ0n) is 9.25. The molecule has 1 aromatic rings. The molecule has 0 spiro atoms. The zero-order chi connectivity index (χ0) is 12.0. The summed E-state index contributed by atoms with van der Waals surface area (Å²) >= 11 is 5.63. The van der Waals surface area contributed by atoms with E-state index in [1.807, 2.05) is 0 Å². The minimum Gasteiger partial charge on any atom is -0.207 e. The maximum atomic E-state index is 13.3. The normalized spacial score (nSPS) is 12.8. The molecule has 0 radical (unpaired) electrons. The second-order valence-electron chi connectivity index (χ2n) is 3.72. The largest absolute Gasteiger partial charge is 0.207 e. The Morgan fingerprint density at radius 1 is 1.38 bits per heavy atom. The Kier molecular flexibility index (Phi) is 6.21. The fourth-order valence-corrected chi connectivity index (χ4v) is 3.02. The summed E-state index contributed by atoms with van der Waals surface area (Å²) in [5, 5.41) is 0. The summed E-state index contributed by atoms with van der Waals surface area (Å²) < 4.78 is 26.2. The minimum atomic E-state index is -0.387. The van der Waals surface area contributed by atoms with Crippen molar-refractivity contribution in [2.24, 2.45) is 5.92 Å². The molecule has 1 aromatic carbocycles. The molecule has 16 heavy (non-hydrogen) atoms. The highest BCUT2D eigenvalue weighted by Crippen LogP contribution is 2.26. The molecule has 90 valence electrons. The predicted octanol–water partition coefficient (Wildman–Crippen LogP) is 4.40. The van der Waals surface area contributed by atoms with Gasteiger partial charge in [0.25, 0.3) is 0 Å². The summed E-state index contributed by atoms with van der Waals surface area (Å²) in [4.78, 5) is 0.392. The summed E-state index contributed by atoms with van der Waals surface area (Å²) in [5.41, 5.74) is 0. The molecular weight excluding hydrogens is 246 g/mol. The lowest BCUT2D eigenvalue weighted by Gasteiger charge is -2.12. The Hall–Kier alpha value is -0.220. The Morgan fingerprint density at radius 2 is 2.12 bits per heavy atom. The Morgan fingerprint density at radius 3 is 2.75 bits per heavy atom. The molecule has 0 nitrogen and oxygen atoms in total. The van der Waals surface area contributed by atoms with Gasteiger partial charge in [0.2, 0.25) is 0 Å². The third-order valence-electron chi connectivity index (χ3n) is 2.32. The first-order valence-electron chi connectivity index (χ1n) is 5.36. The van der Waals surface area contributed by atoms with Crippen molar-refractivity contribution >= 4 is 24.4 Å². The van der Waals surface area contributed by atoms with Gasteiger partial charge < -0.3 is 0 Å². The van der Waals surface area contributed by atoms with Crippen molar-refractivity contribution in [3.63, 3.8) is 0 Å². The van der Waals surface area contributed by atoms with E-state index >= 15 is 0 Å². The Balaban J connectivity index is 2.55. The van der Waals surface area contributed by atoms with E-state index in [1.54, 1.807) is 0 Å². The summed E-state index contributed by atoms with van der Waals surface area (Å²) in [6.07, 6.45) is 2.17. The minimum absolute atomic E-state index is 0.346. The highest BCUT2D eigenvalue weighted by atomic mass is 32.2. The fourth-order valence-electron chi connectivity index (χ4n) is 1.43. The molecule has 1 rings (SSSR count). The molecule has 4 heteroatoms. The molecule has 0 aliphatic heterocycles. The van der Waals surface area contributed by atoms with Crippen LogP contribution in [0.3, 0.4) is 0 Å². The fraction of sp³-hybridized carbons (Fsp3) is 0.500. The van der Waals surface area contributed by atoms with Crippen molar-refractivity contribution < 1.29 is 8.78 Å². The summed E-state index contributed by atoms with van der Waals surface area (Å²) in [6, 6.07) is 3.57. The van der Waals surface area contributed by atoms with Gasteiger partial charge in [0, 0.05) is 10.6 Å². The van der Waals surface area contributed by atoms with Gasteiger partial charge in [-0.15, -0.1) is 11.8 Å². The van der Waals surface area contributed by atoms with Crippen LogP contribution in [-0.2, 0) is 0 Å². The first-order chi connectivity index (χ1) is 7.67. The first-order valence-corrected chi connectivity index (χ1v) is 6.97. The molecule has 0 amide bonds. The lowest BCUT2D eigenvalue weighted by atomic mass is 10.1. The van der Waals surface area contributed by atoms with Crippen LogP contribution < -0.4 is 0 Å². The van der Waals surface area contributed by atoms with Crippen LogP contribution in [0.15, 0.2) is 23.1 Å². The van der Waals surface area contributed by atoms with Crippen LogP contribution in [0, 0.1) is 17.6 Å². The Bertz CT molecular complexity index is 329. The number of thioether (sulfide) groups is 1. The Labute approximate surface area is 105 Å². The van der Waals surface area contributed by atoms with Gasteiger partial charge in [0.15, 0.2) is 0 Å². The highest BCUT2D eigenvalue weighted by molar-refractivity contribution is 7.99. The maximum absolute atomic E-state index is 13.3. The van der Waals surface area contributed by atoms with E-state index in [0.717, 1.165) is 30.4 Å². The third-order valence-corrected chi connectivity index (χ3v) is 4.10. The van der Waals surface area contributed by atoms with Crippen LogP contribution in [0.5, 0.6) is 0 Å². The van der Waals surface area contributed by atoms with Crippen molar-refractivity contribution in [2.45, 2.75) is 24.7 Å². The zero-order valence-corrected chi connectivity index (χ0v) is 11.0. The number of thiol groups is 1. The van der Waals surface area contributed by atoms with Crippen LogP contribution in [0.1, 0.15) is 19.8 Å². The number of rotatable bonds is 6. The van der Waals surface area contributed by atoms with Gasteiger partial charge in [-0.2, -0.15) is 12.6 Å². The topological polar surface area (TPSA) is 0 Å². The predicted molar refractivity (Wildman–Crippen MR) is 69.3 cm³/mol. The highest BCUT2D eigenvalue weighted by Gasteiger charge is 2.09. The van der Waals surface area contributed by atoms with Crippen LogP contribution in [-0.4, -0.2) is 11.5 Å². The molecule has 0 bridgehead atoms. The number of halogens is 2. The lowest BCUT2D eigenvalue weighted by molar-refractivity contribution is 0.573. The second-order valence-corrected chi connectivity index (χ2v) is 5.15. The van der Waals surface area contributed by atoms with E-state index in [2.05, 4.69) is 19.6 Å². The van der Waals surface area contributed by atoms with Crippen molar-refractivity contribution in [3.8, 4) is 0 Å². The molecule has 0 aliphatic carbocycles.